The van der Waals surface area contributed by atoms with E-state index in [1.165, 1.54) is 6.21 Å². The summed E-state index contributed by atoms with van der Waals surface area (Å²) in [7, 11) is 0. The molecule has 1 heterocycles. The molecule has 0 atom stereocenters. The third-order valence-corrected chi connectivity index (χ3v) is 4.95. The van der Waals surface area contributed by atoms with Gasteiger partial charge in [-0.15, -0.1) is 0 Å². The summed E-state index contributed by atoms with van der Waals surface area (Å²) in [6, 6.07) is 15.6. The van der Waals surface area contributed by atoms with Crippen molar-refractivity contribution in [1.82, 2.24) is 15.2 Å². The van der Waals surface area contributed by atoms with Gasteiger partial charge in [-0.3, -0.25) is 4.79 Å². The molecule has 0 bridgehead atoms. The second kappa shape index (κ2) is 9.59. The summed E-state index contributed by atoms with van der Waals surface area (Å²) < 4.78 is 7.36. The minimum atomic E-state index is -0.355. The summed E-state index contributed by atoms with van der Waals surface area (Å²) >= 11 is 6.45. The van der Waals surface area contributed by atoms with E-state index in [2.05, 4.69) is 29.5 Å². The molecule has 30 heavy (non-hydrogen) atoms. The van der Waals surface area contributed by atoms with Crippen LogP contribution in [0.15, 0.2) is 53.6 Å². The molecule has 156 valence electrons. The van der Waals surface area contributed by atoms with Gasteiger partial charge in [0.25, 0.3) is 5.91 Å². The predicted octanol–water partition coefficient (Wildman–Crippen LogP) is 4.80. The molecule has 1 amide bonds. The minimum absolute atomic E-state index is 0.128. The Hall–Kier alpha value is -3.12. The van der Waals surface area contributed by atoms with Crippen LogP contribution in [-0.4, -0.2) is 28.5 Å². The molecule has 0 fully saturated rings. The second-order valence-corrected chi connectivity index (χ2v) is 7.67. The van der Waals surface area contributed by atoms with E-state index in [-0.39, 0.29) is 12.5 Å². The van der Waals surface area contributed by atoms with Crippen molar-refractivity contribution >= 4 is 23.7 Å². The number of benzene rings is 2. The molecule has 0 unspecified atom stereocenters. The predicted molar refractivity (Wildman–Crippen MR) is 120 cm³/mol. The Morgan fingerprint density at radius 1 is 1.23 bits per heavy atom. The molecule has 0 aliphatic heterocycles. The number of ether oxygens (including phenoxy) is 1. The number of carbonyl (C=O) groups is 1. The Kier molecular flexibility index (Phi) is 6.90. The number of hydrogen-bond acceptors (Lipinski definition) is 4. The Balaban J connectivity index is 1.63. The van der Waals surface area contributed by atoms with E-state index in [9.17, 15) is 4.79 Å². The normalized spacial score (nSPS) is 11.3. The van der Waals surface area contributed by atoms with Crippen molar-refractivity contribution in [3.8, 4) is 11.4 Å². The summed E-state index contributed by atoms with van der Waals surface area (Å²) in [5.74, 6) is 0.659. The Bertz CT molecular complexity index is 1060. The zero-order valence-electron chi connectivity index (χ0n) is 17.5. The van der Waals surface area contributed by atoms with Crippen molar-refractivity contribution in [1.29, 1.82) is 0 Å². The van der Waals surface area contributed by atoms with Gasteiger partial charge in [-0.25, -0.2) is 10.1 Å². The average Bonchev–Trinajstić information content (AvgIpc) is 3.01. The van der Waals surface area contributed by atoms with Gasteiger partial charge in [0.1, 0.15) is 10.9 Å². The Morgan fingerprint density at radius 3 is 2.67 bits per heavy atom. The molecule has 3 rings (SSSR count). The van der Waals surface area contributed by atoms with E-state index in [1.54, 1.807) is 4.68 Å². The van der Waals surface area contributed by atoms with Crippen LogP contribution in [0.1, 0.15) is 42.1 Å². The lowest BCUT2D eigenvalue weighted by atomic mass is 10.0. The molecule has 2 aromatic carbocycles. The van der Waals surface area contributed by atoms with Crippen LogP contribution >= 0.6 is 11.6 Å². The number of aryl methyl sites for hydroxylation is 2. The molecule has 0 radical (unpaired) electrons. The van der Waals surface area contributed by atoms with Crippen LogP contribution in [0.3, 0.4) is 0 Å². The summed E-state index contributed by atoms with van der Waals surface area (Å²) in [5.41, 5.74) is 6.82. The molecular formula is C23H25ClN4O2. The van der Waals surface area contributed by atoms with Gasteiger partial charge in [0, 0.05) is 0 Å². The number of hydrogen-bond donors (Lipinski definition) is 1. The van der Waals surface area contributed by atoms with Crippen LogP contribution in [0.25, 0.3) is 5.69 Å². The number of nitrogens with one attached hydrogen (secondary N) is 1. The number of hydrazone groups is 1. The zero-order chi connectivity index (χ0) is 21.7. The lowest BCUT2D eigenvalue weighted by Crippen LogP contribution is -2.25. The summed E-state index contributed by atoms with van der Waals surface area (Å²) in [4.78, 5) is 12.2. The van der Waals surface area contributed by atoms with Crippen LogP contribution in [0.2, 0.25) is 5.15 Å². The first kappa shape index (κ1) is 21.6. The van der Waals surface area contributed by atoms with Crippen LogP contribution in [0.5, 0.6) is 5.75 Å². The molecule has 6 nitrogen and oxygen atoms in total. The summed E-state index contributed by atoms with van der Waals surface area (Å²) in [6.07, 6.45) is 1.49. The smallest absolute Gasteiger partial charge is 0.277 e. The van der Waals surface area contributed by atoms with Crippen molar-refractivity contribution in [2.75, 3.05) is 6.61 Å². The van der Waals surface area contributed by atoms with Crippen molar-refractivity contribution in [3.63, 3.8) is 0 Å². The van der Waals surface area contributed by atoms with E-state index in [0.29, 0.717) is 28.1 Å². The molecular weight excluding hydrogens is 400 g/mol. The van der Waals surface area contributed by atoms with E-state index in [4.69, 9.17) is 16.3 Å². The Labute approximate surface area is 181 Å². The molecule has 0 spiro atoms. The maximum absolute atomic E-state index is 12.2. The number of carbonyl (C=O) groups excluding carboxylic acids is 1. The van der Waals surface area contributed by atoms with Gasteiger partial charge in [-0.2, -0.15) is 10.2 Å². The van der Waals surface area contributed by atoms with Gasteiger partial charge < -0.3 is 4.74 Å². The van der Waals surface area contributed by atoms with E-state index < -0.39 is 0 Å². The van der Waals surface area contributed by atoms with E-state index in [1.807, 2.05) is 62.4 Å². The third-order valence-electron chi connectivity index (χ3n) is 4.58. The van der Waals surface area contributed by atoms with Gasteiger partial charge in [0.15, 0.2) is 6.61 Å². The number of nitrogens with zero attached hydrogens (tertiary/aromatic N) is 3. The van der Waals surface area contributed by atoms with Crippen molar-refractivity contribution in [2.45, 2.75) is 33.6 Å². The van der Waals surface area contributed by atoms with Crippen molar-refractivity contribution in [3.05, 3.63) is 76.1 Å². The van der Waals surface area contributed by atoms with Gasteiger partial charge in [-0.05, 0) is 49.1 Å². The van der Waals surface area contributed by atoms with Crippen LogP contribution in [-0.2, 0) is 4.79 Å². The van der Waals surface area contributed by atoms with E-state index >= 15 is 0 Å². The molecule has 0 aliphatic carbocycles. The monoisotopic (exact) mass is 424 g/mol. The highest BCUT2D eigenvalue weighted by molar-refractivity contribution is 6.32. The maximum atomic E-state index is 12.2. The van der Waals surface area contributed by atoms with Gasteiger partial charge in [-0.1, -0.05) is 55.8 Å². The first-order valence-electron chi connectivity index (χ1n) is 9.72. The van der Waals surface area contributed by atoms with Crippen LogP contribution < -0.4 is 10.2 Å². The van der Waals surface area contributed by atoms with Crippen molar-refractivity contribution in [2.24, 2.45) is 5.10 Å². The maximum Gasteiger partial charge on any atom is 0.277 e. The Morgan fingerprint density at radius 2 is 1.97 bits per heavy atom. The molecule has 1 aromatic heterocycles. The highest BCUT2D eigenvalue weighted by atomic mass is 35.5. The summed E-state index contributed by atoms with van der Waals surface area (Å²) in [6.45, 7) is 7.87. The van der Waals surface area contributed by atoms with Crippen molar-refractivity contribution < 1.29 is 9.53 Å². The molecule has 3 aromatic rings. The number of halogens is 1. The van der Waals surface area contributed by atoms with Gasteiger partial charge >= 0.3 is 0 Å². The second-order valence-electron chi connectivity index (χ2n) is 7.32. The molecule has 0 saturated heterocycles. The fraction of sp³-hybridized carbons (Fsp3) is 0.261. The minimum Gasteiger partial charge on any atom is -0.483 e. The summed E-state index contributed by atoms with van der Waals surface area (Å²) in [5, 5.41) is 8.89. The first-order chi connectivity index (χ1) is 14.4. The lowest BCUT2D eigenvalue weighted by Gasteiger charge is -2.14. The molecule has 7 heteroatoms. The van der Waals surface area contributed by atoms with Crippen LogP contribution in [0, 0.1) is 13.8 Å². The highest BCUT2D eigenvalue weighted by Crippen LogP contribution is 2.27. The molecule has 1 N–H and O–H groups in total. The SMILES string of the molecule is Cc1ccc(C(C)C)c(OCC(=O)N/N=C\c2c(C)nn(-c3ccccc3)c2Cl)c1. The number of rotatable bonds is 7. The fourth-order valence-corrected chi connectivity index (χ4v) is 3.31. The number of para-hydroxylation sites is 1. The third kappa shape index (κ3) is 5.07. The number of amides is 1. The highest BCUT2D eigenvalue weighted by Gasteiger charge is 2.13. The molecule has 0 aliphatic rings. The van der Waals surface area contributed by atoms with E-state index in [0.717, 1.165) is 16.8 Å². The fourth-order valence-electron chi connectivity index (χ4n) is 2.99. The van der Waals surface area contributed by atoms with Gasteiger partial charge in [0.2, 0.25) is 0 Å². The quantitative estimate of drug-likeness (QED) is 0.437. The molecule has 0 saturated carbocycles. The zero-order valence-corrected chi connectivity index (χ0v) is 18.3. The first-order valence-corrected chi connectivity index (χ1v) is 10.1. The van der Waals surface area contributed by atoms with Crippen LogP contribution in [0.4, 0.5) is 0 Å². The average molecular weight is 425 g/mol. The standard InChI is InChI=1S/C23H25ClN4O2/c1-15(2)19-11-10-16(3)12-21(19)30-14-22(29)26-25-13-20-17(4)27-28(23(20)24)18-8-6-5-7-9-18/h5-13,15H,14H2,1-4H3,(H,26,29)/b25-13-. The topological polar surface area (TPSA) is 68.5 Å². The number of aromatic nitrogens is 2. The van der Waals surface area contributed by atoms with Gasteiger partial charge in [0.05, 0.1) is 23.2 Å². The largest absolute Gasteiger partial charge is 0.483 e. The lowest BCUT2D eigenvalue weighted by molar-refractivity contribution is -0.123.